The van der Waals surface area contributed by atoms with Gasteiger partial charge in [-0.3, -0.25) is 14.9 Å². The number of nitrogens with one attached hydrogen (secondary N) is 1. The number of amides is 1. The lowest BCUT2D eigenvalue weighted by Crippen LogP contribution is -2.18. The van der Waals surface area contributed by atoms with Crippen LogP contribution in [0.5, 0.6) is 11.5 Å². The van der Waals surface area contributed by atoms with Gasteiger partial charge in [-0.15, -0.1) is 0 Å². The van der Waals surface area contributed by atoms with Gasteiger partial charge < -0.3 is 9.47 Å². The van der Waals surface area contributed by atoms with Gasteiger partial charge in [0.05, 0.1) is 18.2 Å². The molecule has 0 saturated carbocycles. The van der Waals surface area contributed by atoms with Crippen molar-refractivity contribution in [2.45, 2.75) is 32.8 Å². The van der Waals surface area contributed by atoms with Crippen molar-refractivity contribution in [1.82, 2.24) is 5.43 Å². The second kappa shape index (κ2) is 10.6. The molecule has 0 atom stereocenters. The maximum atomic E-state index is 12.3. The number of hydrazone groups is 1. The third kappa shape index (κ3) is 6.41. The van der Waals surface area contributed by atoms with E-state index < -0.39 is 4.92 Å². The topological polar surface area (TPSA) is 103 Å². The molecule has 0 saturated heterocycles. The third-order valence-electron chi connectivity index (χ3n) is 5.12. The minimum Gasteiger partial charge on any atom is -0.493 e. The predicted octanol–water partition coefficient (Wildman–Crippen LogP) is 5.24. The summed E-state index contributed by atoms with van der Waals surface area (Å²) in [6.45, 7) is 6.58. The standard InChI is InChI=1S/C26H27N3O5/c1-26(2,3)21-10-8-20(9-11-21)25(30)28-27-16-19-7-14-23(24(15-19)33-4)34-17-18-5-12-22(13-6-18)29(31)32/h5-16H,17H2,1-4H3,(H,28,30)/b27-16+. The first-order valence-corrected chi connectivity index (χ1v) is 10.7. The molecule has 0 unspecified atom stereocenters. The number of non-ortho nitro benzene ring substituents is 1. The number of nitrogens with zero attached hydrogens (tertiary/aromatic N) is 2. The van der Waals surface area contributed by atoms with Gasteiger partial charge >= 0.3 is 0 Å². The van der Waals surface area contributed by atoms with Crippen LogP contribution in [0, 0.1) is 10.1 Å². The zero-order valence-electron chi connectivity index (χ0n) is 19.6. The second-order valence-corrected chi connectivity index (χ2v) is 8.65. The molecule has 34 heavy (non-hydrogen) atoms. The van der Waals surface area contributed by atoms with Crippen molar-refractivity contribution in [3.63, 3.8) is 0 Å². The lowest BCUT2D eigenvalue weighted by atomic mass is 9.87. The maximum absolute atomic E-state index is 12.3. The van der Waals surface area contributed by atoms with Crippen LogP contribution in [-0.2, 0) is 12.0 Å². The Bertz CT molecular complexity index is 1180. The van der Waals surface area contributed by atoms with Crippen molar-refractivity contribution in [3.8, 4) is 11.5 Å². The second-order valence-electron chi connectivity index (χ2n) is 8.65. The Morgan fingerprint density at radius 1 is 1.03 bits per heavy atom. The molecule has 3 rings (SSSR count). The number of carbonyl (C=O) groups excluding carboxylic acids is 1. The average Bonchev–Trinajstić information content (AvgIpc) is 2.82. The molecule has 0 bridgehead atoms. The fourth-order valence-corrected chi connectivity index (χ4v) is 3.11. The molecule has 3 aromatic rings. The smallest absolute Gasteiger partial charge is 0.271 e. The number of nitro groups is 1. The van der Waals surface area contributed by atoms with E-state index in [-0.39, 0.29) is 23.6 Å². The Kier molecular flexibility index (Phi) is 7.63. The van der Waals surface area contributed by atoms with Crippen LogP contribution in [0.3, 0.4) is 0 Å². The van der Waals surface area contributed by atoms with Crippen molar-refractivity contribution >= 4 is 17.8 Å². The van der Waals surface area contributed by atoms with Gasteiger partial charge in [0.15, 0.2) is 11.5 Å². The molecule has 0 fully saturated rings. The van der Waals surface area contributed by atoms with Gasteiger partial charge in [-0.25, -0.2) is 5.43 Å². The van der Waals surface area contributed by atoms with Crippen molar-refractivity contribution in [2.75, 3.05) is 7.11 Å². The van der Waals surface area contributed by atoms with Gasteiger partial charge in [0, 0.05) is 17.7 Å². The molecule has 1 N–H and O–H groups in total. The number of ether oxygens (including phenoxy) is 2. The minimum absolute atomic E-state index is 0.0178. The zero-order chi connectivity index (χ0) is 24.7. The molecular formula is C26H27N3O5. The highest BCUT2D eigenvalue weighted by atomic mass is 16.6. The molecule has 8 nitrogen and oxygen atoms in total. The molecule has 0 spiro atoms. The van der Waals surface area contributed by atoms with E-state index in [9.17, 15) is 14.9 Å². The fraction of sp³-hybridized carbons (Fsp3) is 0.231. The lowest BCUT2D eigenvalue weighted by molar-refractivity contribution is -0.384. The Morgan fingerprint density at radius 3 is 2.29 bits per heavy atom. The Hall–Kier alpha value is -4.20. The third-order valence-corrected chi connectivity index (χ3v) is 5.12. The van der Waals surface area contributed by atoms with Gasteiger partial charge in [0.25, 0.3) is 11.6 Å². The summed E-state index contributed by atoms with van der Waals surface area (Å²) in [5.74, 6) is 0.711. The Balaban J connectivity index is 1.60. The van der Waals surface area contributed by atoms with Crippen molar-refractivity contribution in [1.29, 1.82) is 0 Å². The van der Waals surface area contributed by atoms with Gasteiger partial charge in [-0.1, -0.05) is 32.9 Å². The van der Waals surface area contributed by atoms with Crippen molar-refractivity contribution in [3.05, 3.63) is 99.1 Å². The summed E-state index contributed by atoms with van der Waals surface area (Å²) in [4.78, 5) is 22.7. The lowest BCUT2D eigenvalue weighted by Gasteiger charge is -2.18. The molecule has 1 amide bonds. The summed E-state index contributed by atoms with van der Waals surface area (Å²) in [6.07, 6.45) is 1.52. The number of hydrogen-bond donors (Lipinski definition) is 1. The predicted molar refractivity (Wildman–Crippen MR) is 131 cm³/mol. The molecule has 0 aromatic heterocycles. The molecule has 0 aliphatic carbocycles. The molecular weight excluding hydrogens is 434 g/mol. The van der Waals surface area contributed by atoms with Crippen LogP contribution in [0.25, 0.3) is 0 Å². The molecule has 3 aromatic carbocycles. The van der Waals surface area contributed by atoms with Gasteiger partial charge in [0.2, 0.25) is 0 Å². The SMILES string of the molecule is COc1cc(/C=N/NC(=O)c2ccc(C(C)(C)C)cc2)ccc1OCc1ccc([N+](=O)[O-])cc1. The van der Waals surface area contributed by atoms with Gasteiger partial charge in [-0.05, 0) is 64.6 Å². The summed E-state index contributed by atoms with van der Waals surface area (Å²) in [6, 6.07) is 18.9. The van der Waals surface area contributed by atoms with E-state index in [1.54, 1.807) is 42.5 Å². The van der Waals surface area contributed by atoms with Crippen LogP contribution in [0.15, 0.2) is 71.8 Å². The Labute approximate surface area is 198 Å². The number of methoxy groups -OCH3 is 1. The summed E-state index contributed by atoms with van der Waals surface area (Å²) in [5, 5.41) is 14.8. The molecule has 0 heterocycles. The largest absolute Gasteiger partial charge is 0.493 e. The molecule has 0 aliphatic rings. The van der Waals surface area contributed by atoms with E-state index in [1.807, 2.05) is 12.1 Å². The van der Waals surface area contributed by atoms with Crippen LogP contribution in [-0.4, -0.2) is 24.2 Å². The summed E-state index contributed by atoms with van der Waals surface area (Å²) < 4.78 is 11.2. The maximum Gasteiger partial charge on any atom is 0.271 e. The monoisotopic (exact) mass is 461 g/mol. The van der Waals surface area contributed by atoms with Crippen LogP contribution >= 0.6 is 0 Å². The van der Waals surface area contributed by atoms with Crippen molar-refractivity contribution < 1.29 is 19.2 Å². The highest BCUT2D eigenvalue weighted by Gasteiger charge is 2.14. The quantitative estimate of drug-likeness (QED) is 0.281. The number of carbonyl (C=O) groups is 1. The number of rotatable bonds is 8. The minimum atomic E-state index is -0.445. The van der Waals surface area contributed by atoms with E-state index in [0.29, 0.717) is 22.6 Å². The number of benzene rings is 3. The number of hydrogen-bond acceptors (Lipinski definition) is 6. The molecule has 8 heteroatoms. The van der Waals surface area contributed by atoms with Crippen molar-refractivity contribution in [2.24, 2.45) is 5.10 Å². The van der Waals surface area contributed by atoms with E-state index in [1.165, 1.54) is 25.5 Å². The first-order chi connectivity index (χ1) is 16.2. The summed E-state index contributed by atoms with van der Waals surface area (Å²) in [7, 11) is 1.53. The van der Waals surface area contributed by atoms with Gasteiger partial charge in [0.1, 0.15) is 6.61 Å². The highest BCUT2D eigenvalue weighted by Crippen LogP contribution is 2.28. The normalized spacial score (nSPS) is 11.3. The number of nitro benzene ring substituents is 1. The van der Waals surface area contributed by atoms with E-state index in [0.717, 1.165) is 11.1 Å². The first-order valence-electron chi connectivity index (χ1n) is 10.7. The van der Waals surface area contributed by atoms with E-state index in [4.69, 9.17) is 9.47 Å². The molecule has 0 radical (unpaired) electrons. The van der Waals surface area contributed by atoms with E-state index >= 15 is 0 Å². The molecule has 176 valence electrons. The fourth-order valence-electron chi connectivity index (χ4n) is 3.11. The highest BCUT2D eigenvalue weighted by molar-refractivity contribution is 5.95. The van der Waals surface area contributed by atoms with Crippen LogP contribution < -0.4 is 14.9 Å². The van der Waals surface area contributed by atoms with E-state index in [2.05, 4.69) is 31.3 Å². The summed E-state index contributed by atoms with van der Waals surface area (Å²) in [5.41, 5.74) is 5.75. The summed E-state index contributed by atoms with van der Waals surface area (Å²) >= 11 is 0. The first kappa shape index (κ1) is 24.4. The zero-order valence-corrected chi connectivity index (χ0v) is 19.6. The van der Waals surface area contributed by atoms with Crippen LogP contribution in [0.1, 0.15) is 47.8 Å². The molecule has 0 aliphatic heterocycles. The van der Waals surface area contributed by atoms with Gasteiger partial charge in [-0.2, -0.15) is 5.10 Å². The Morgan fingerprint density at radius 2 is 1.71 bits per heavy atom. The van der Waals surface area contributed by atoms with Crippen LogP contribution in [0.4, 0.5) is 5.69 Å². The van der Waals surface area contributed by atoms with Crippen LogP contribution in [0.2, 0.25) is 0 Å². The average molecular weight is 462 g/mol.